The largest absolute Gasteiger partial charge is 0.502 e. The monoisotopic (exact) mass is 441 g/mol. The number of rotatable bonds is 2. The number of aromatic hydroxyl groups is 1. The summed E-state index contributed by atoms with van der Waals surface area (Å²) in [6, 6.07) is 20.1. The molecule has 3 heterocycles. The molecule has 6 rings (SSSR count). The van der Waals surface area contributed by atoms with Crippen LogP contribution in [0.4, 0.5) is 0 Å². The molecule has 1 saturated carbocycles. The summed E-state index contributed by atoms with van der Waals surface area (Å²) in [7, 11) is 0. The average Bonchev–Trinajstić information content (AvgIpc) is 2.79. The van der Waals surface area contributed by atoms with Crippen LogP contribution >= 0.6 is 0 Å². The summed E-state index contributed by atoms with van der Waals surface area (Å²) in [5.41, 5.74) is 3.16. The first-order valence-electron chi connectivity index (χ1n) is 11.8. The summed E-state index contributed by atoms with van der Waals surface area (Å²) < 4.78 is 1.75. The molecule has 0 bridgehead atoms. The third-order valence-corrected chi connectivity index (χ3v) is 7.47. The lowest BCUT2D eigenvalue weighted by atomic mass is 9.86. The Morgan fingerprint density at radius 1 is 0.848 bits per heavy atom. The number of hydrogen-bond acceptors (Lipinski definition) is 4. The predicted molar refractivity (Wildman–Crippen MR) is 126 cm³/mol. The van der Waals surface area contributed by atoms with E-state index in [1.165, 1.54) is 17.2 Å². The maximum Gasteiger partial charge on any atom is 0.278 e. The van der Waals surface area contributed by atoms with Crippen molar-refractivity contribution in [2.45, 2.75) is 56.8 Å². The van der Waals surface area contributed by atoms with E-state index in [0.29, 0.717) is 0 Å². The van der Waals surface area contributed by atoms with Gasteiger partial charge in [0.1, 0.15) is 6.17 Å². The third-order valence-electron chi connectivity index (χ3n) is 7.47. The second-order valence-corrected chi connectivity index (χ2v) is 9.28. The topological polar surface area (TPSA) is 65.8 Å². The van der Waals surface area contributed by atoms with Crippen molar-refractivity contribution in [1.82, 2.24) is 9.58 Å². The summed E-state index contributed by atoms with van der Waals surface area (Å²) in [5, 5.41) is 13.0. The molecule has 1 fully saturated rings. The van der Waals surface area contributed by atoms with Crippen LogP contribution in [0, 0.1) is 0 Å². The Bertz CT molecular complexity index is 1270. The van der Waals surface area contributed by atoms with Gasteiger partial charge >= 0.3 is 0 Å². The standard InChI is InChI=1S/C27H27N3O3/c31-22-16-17-28-25(26(22)32)27(33)29(20-12-7-13-20)23-15-6-11-18-8-4-5-14-21(18)24(30(23)28)19-9-2-1-3-10-19/h1-5,8-10,14,16-17,20,23-24,32H,6-7,11-13,15H2/t23-,24+/m1/s1. The van der Waals surface area contributed by atoms with Gasteiger partial charge in [-0.2, -0.15) is 0 Å². The average molecular weight is 442 g/mol. The number of hydrogen-bond donors (Lipinski definition) is 1. The van der Waals surface area contributed by atoms with Crippen molar-refractivity contribution in [2.24, 2.45) is 0 Å². The minimum absolute atomic E-state index is 0.0737. The first kappa shape index (κ1) is 20.1. The van der Waals surface area contributed by atoms with E-state index in [9.17, 15) is 14.7 Å². The highest BCUT2D eigenvalue weighted by atomic mass is 16.3. The normalized spacial score (nSPS) is 22.5. The van der Waals surface area contributed by atoms with E-state index in [4.69, 9.17) is 0 Å². The van der Waals surface area contributed by atoms with Crippen molar-refractivity contribution in [1.29, 1.82) is 0 Å². The lowest BCUT2D eigenvalue weighted by Crippen LogP contribution is -2.66. The van der Waals surface area contributed by atoms with Gasteiger partial charge in [-0.3, -0.25) is 19.3 Å². The molecular weight excluding hydrogens is 414 g/mol. The van der Waals surface area contributed by atoms with Gasteiger partial charge in [0.15, 0.2) is 11.4 Å². The van der Waals surface area contributed by atoms with Crippen molar-refractivity contribution in [2.75, 3.05) is 5.01 Å². The van der Waals surface area contributed by atoms with Crippen molar-refractivity contribution in [3.8, 4) is 5.75 Å². The SMILES string of the molecule is O=C1c2c(O)c(=O)ccn2N2[C@@H](c3ccccc3)c3ccccc3CCC[C@@H]2N1C1CCC1. The summed E-state index contributed by atoms with van der Waals surface area (Å²) in [5.74, 6) is -0.704. The molecule has 2 aliphatic heterocycles. The molecule has 2 atom stereocenters. The second-order valence-electron chi connectivity index (χ2n) is 9.28. The van der Waals surface area contributed by atoms with Gasteiger partial charge in [0.05, 0.1) is 6.04 Å². The van der Waals surface area contributed by atoms with Crippen molar-refractivity contribution < 1.29 is 9.90 Å². The number of carbonyl (C=O) groups is 1. The molecule has 1 aromatic heterocycles. The number of aryl methyl sites for hydroxylation is 1. The van der Waals surface area contributed by atoms with Gasteiger partial charge in [0.25, 0.3) is 5.91 Å². The fourth-order valence-electron chi connectivity index (χ4n) is 5.69. The van der Waals surface area contributed by atoms with Crippen LogP contribution in [0.15, 0.2) is 71.7 Å². The molecule has 2 aromatic carbocycles. The van der Waals surface area contributed by atoms with Crippen LogP contribution in [0.25, 0.3) is 0 Å². The van der Waals surface area contributed by atoms with Gasteiger partial charge in [-0.15, -0.1) is 0 Å². The molecular formula is C27H27N3O3. The van der Waals surface area contributed by atoms with Gasteiger partial charge in [0.2, 0.25) is 5.43 Å². The summed E-state index contributed by atoms with van der Waals surface area (Å²) in [6.07, 6.45) is 7.25. The lowest BCUT2D eigenvalue weighted by Gasteiger charge is -2.54. The molecule has 0 radical (unpaired) electrons. The van der Waals surface area contributed by atoms with E-state index in [2.05, 4.69) is 41.4 Å². The Balaban J connectivity index is 1.64. The number of aromatic nitrogens is 1. The Morgan fingerprint density at radius 2 is 1.61 bits per heavy atom. The molecule has 0 unspecified atom stereocenters. The third kappa shape index (κ3) is 3.08. The molecule has 3 aliphatic rings. The number of fused-ring (bicyclic) bond motifs is 4. The Labute approximate surface area is 192 Å². The maximum absolute atomic E-state index is 13.7. The van der Waals surface area contributed by atoms with Crippen molar-refractivity contribution >= 4 is 5.91 Å². The molecule has 0 saturated heterocycles. The first-order chi connectivity index (χ1) is 16.1. The van der Waals surface area contributed by atoms with Crippen LogP contribution in [0.5, 0.6) is 5.75 Å². The number of benzene rings is 2. The fourth-order valence-corrected chi connectivity index (χ4v) is 5.69. The zero-order chi connectivity index (χ0) is 22.5. The van der Waals surface area contributed by atoms with Gasteiger partial charge in [-0.1, -0.05) is 54.6 Å². The van der Waals surface area contributed by atoms with Crippen molar-refractivity contribution in [3.63, 3.8) is 0 Å². The highest BCUT2D eigenvalue weighted by Crippen LogP contribution is 2.41. The van der Waals surface area contributed by atoms with Gasteiger partial charge in [-0.05, 0) is 55.2 Å². The van der Waals surface area contributed by atoms with E-state index in [-0.39, 0.29) is 29.9 Å². The number of amides is 1. The van der Waals surface area contributed by atoms with Crippen LogP contribution in [0.3, 0.4) is 0 Å². The van der Waals surface area contributed by atoms with Crippen LogP contribution in [-0.4, -0.2) is 32.8 Å². The number of pyridine rings is 1. The number of nitrogens with zero attached hydrogens (tertiary/aromatic N) is 3. The van der Waals surface area contributed by atoms with Crippen LogP contribution in [0.2, 0.25) is 0 Å². The predicted octanol–water partition coefficient (Wildman–Crippen LogP) is 3.95. The van der Waals surface area contributed by atoms with E-state index >= 15 is 0 Å². The quantitative estimate of drug-likeness (QED) is 0.654. The molecule has 0 spiro atoms. The van der Waals surface area contributed by atoms with Gasteiger partial charge < -0.3 is 10.0 Å². The summed E-state index contributed by atoms with van der Waals surface area (Å²) >= 11 is 0. The van der Waals surface area contributed by atoms with Crippen LogP contribution in [0.1, 0.15) is 65.3 Å². The van der Waals surface area contributed by atoms with Gasteiger partial charge in [0, 0.05) is 18.3 Å². The Hall–Kier alpha value is -3.54. The van der Waals surface area contributed by atoms with E-state index in [1.54, 1.807) is 10.9 Å². The molecule has 168 valence electrons. The molecule has 1 amide bonds. The molecule has 3 aromatic rings. The fraction of sp³-hybridized carbons (Fsp3) is 0.333. The van der Waals surface area contributed by atoms with Crippen LogP contribution in [-0.2, 0) is 6.42 Å². The van der Waals surface area contributed by atoms with Crippen molar-refractivity contribution in [3.05, 3.63) is 99.5 Å². The zero-order valence-electron chi connectivity index (χ0n) is 18.4. The smallest absolute Gasteiger partial charge is 0.278 e. The first-order valence-corrected chi connectivity index (χ1v) is 11.8. The van der Waals surface area contributed by atoms with E-state index in [0.717, 1.165) is 44.1 Å². The van der Waals surface area contributed by atoms with E-state index < -0.39 is 11.2 Å². The van der Waals surface area contributed by atoms with E-state index in [1.807, 2.05) is 23.1 Å². The molecule has 6 nitrogen and oxygen atoms in total. The minimum Gasteiger partial charge on any atom is -0.502 e. The lowest BCUT2D eigenvalue weighted by molar-refractivity contribution is 0.0248. The van der Waals surface area contributed by atoms with Gasteiger partial charge in [-0.25, -0.2) is 0 Å². The maximum atomic E-state index is 13.7. The minimum atomic E-state index is -0.523. The van der Waals surface area contributed by atoms with Crippen LogP contribution < -0.4 is 10.4 Å². The Morgan fingerprint density at radius 3 is 2.36 bits per heavy atom. The Kier molecular flexibility index (Phi) is 4.75. The molecule has 33 heavy (non-hydrogen) atoms. The zero-order valence-corrected chi connectivity index (χ0v) is 18.4. The number of carbonyl (C=O) groups excluding carboxylic acids is 1. The second kappa shape index (κ2) is 7.80. The highest BCUT2D eigenvalue weighted by Gasteiger charge is 2.47. The summed E-state index contributed by atoms with van der Waals surface area (Å²) in [4.78, 5) is 28.1. The highest BCUT2D eigenvalue weighted by molar-refractivity contribution is 5.96. The summed E-state index contributed by atoms with van der Waals surface area (Å²) in [6.45, 7) is 0. The molecule has 1 aliphatic carbocycles. The molecule has 6 heteroatoms. The molecule has 1 N–H and O–H groups in total.